The molecule has 0 unspecified atom stereocenters. The monoisotopic (exact) mass is 398 g/mol. The Balaban J connectivity index is 1.67. The predicted octanol–water partition coefficient (Wildman–Crippen LogP) is 1.22. The molecule has 2 aromatic rings. The number of amidine groups is 1. The summed E-state index contributed by atoms with van der Waals surface area (Å²) in [6.07, 6.45) is 0. The normalized spacial score (nSPS) is 16.6. The number of rotatable bonds is 6. The van der Waals surface area contributed by atoms with Crippen LogP contribution in [0, 0.1) is 5.82 Å². The highest BCUT2D eigenvalue weighted by molar-refractivity contribution is 6.31. The van der Waals surface area contributed by atoms with E-state index in [9.17, 15) is 9.60 Å². The molecule has 1 fully saturated rings. The van der Waals surface area contributed by atoms with Crippen molar-refractivity contribution in [1.29, 1.82) is 0 Å². The van der Waals surface area contributed by atoms with E-state index in [-0.39, 0.29) is 23.2 Å². The highest BCUT2D eigenvalue weighted by atomic mass is 35.5. The third-order valence-corrected chi connectivity index (χ3v) is 4.61. The molecule has 9 nitrogen and oxygen atoms in total. The number of aliphatic hydroxyl groups is 1. The fraction of sp³-hybridized carbons (Fsp3) is 0.438. The van der Waals surface area contributed by atoms with E-state index >= 15 is 0 Å². The number of oxime groups is 1. The molecule has 0 radical (unpaired) electrons. The van der Waals surface area contributed by atoms with Crippen LogP contribution in [0.1, 0.15) is 11.4 Å². The lowest BCUT2D eigenvalue weighted by molar-refractivity contribution is 0.107. The van der Waals surface area contributed by atoms with Crippen molar-refractivity contribution in [2.75, 3.05) is 44.6 Å². The number of nitrogens with zero attached hydrogens (tertiary/aromatic N) is 5. The van der Waals surface area contributed by atoms with Crippen molar-refractivity contribution in [1.82, 2.24) is 20.1 Å². The third kappa shape index (κ3) is 4.92. The van der Waals surface area contributed by atoms with Gasteiger partial charge in [-0.1, -0.05) is 21.9 Å². The predicted molar refractivity (Wildman–Crippen MR) is 96.5 cm³/mol. The molecule has 0 saturated carbocycles. The molecule has 1 saturated heterocycles. The van der Waals surface area contributed by atoms with Crippen LogP contribution in [0.3, 0.4) is 0 Å². The van der Waals surface area contributed by atoms with E-state index in [4.69, 9.17) is 21.3 Å². The molecule has 0 amide bonds. The average molecular weight is 399 g/mol. The van der Waals surface area contributed by atoms with E-state index < -0.39 is 5.82 Å². The molecular weight excluding hydrogens is 379 g/mol. The number of β-amino-alcohol motifs (C(OH)–C–C–N with tert-alkyl or cyclic N) is 1. The van der Waals surface area contributed by atoms with Gasteiger partial charge in [0.2, 0.25) is 5.84 Å². The van der Waals surface area contributed by atoms with Crippen LogP contribution in [-0.2, 0) is 6.54 Å². The molecule has 0 atom stereocenters. The summed E-state index contributed by atoms with van der Waals surface area (Å²) < 4.78 is 18.1. The zero-order chi connectivity index (χ0) is 19.2. The van der Waals surface area contributed by atoms with Gasteiger partial charge < -0.3 is 15.6 Å². The molecule has 1 aromatic carbocycles. The Kier molecular flexibility index (Phi) is 6.56. The Hall–Kier alpha value is -2.27. The topological polar surface area (TPSA) is 110 Å². The zero-order valence-electron chi connectivity index (χ0n) is 14.5. The summed E-state index contributed by atoms with van der Waals surface area (Å²) in [5, 5.41) is 32.1. The number of aliphatic hydroxyl groups excluding tert-OH is 1. The molecule has 0 bridgehead atoms. The van der Waals surface area contributed by atoms with Crippen molar-refractivity contribution in [3.8, 4) is 0 Å². The van der Waals surface area contributed by atoms with Gasteiger partial charge in [0.1, 0.15) is 11.5 Å². The molecule has 3 N–H and O–H groups in total. The maximum atomic E-state index is 13.3. The molecule has 11 heteroatoms. The van der Waals surface area contributed by atoms with Crippen molar-refractivity contribution >= 4 is 23.1 Å². The summed E-state index contributed by atoms with van der Waals surface area (Å²) in [4.78, 5) is 4.35. The summed E-state index contributed by atoms with van der Waals surface area (Å²) in [5.41, 5.74) is 1.20. The first-order chi connectivity index (χ1) is 13.1. The summed E-state index contributed by atoms with van der Waals surface area (Å²) in [5.74, 6) is -0.526. The molecular formula is C16H20ClFN6O3. The molecule has 3 rings (SSSR count). The van der Waals surface area contributed by atoms with Gasteiger partial charge in [-0.25, -0.2) is 9.02 Å². The summed E-state index contributed by atoms with van der Waals surface area (Å²) in [7, 11) is 0. The van der Waals surface area contributed by atoms with Gasteiger partial charge in [-0.2, -0.15) is 0 Å². The van der Waals surface area contributed by atoms with E-state index in [1.165, 1.54) is 18.2 Å². The molecule has 1 aromatic heterocycles. The molecule has 27 heavy (non-hydrogen) atoms. The fourth-order valence-corrected chi connectivity index (χ4v) is 3.04. The average Bonchev–Trinajstić information content (AvgIpc) is 3.12. The summed E-state index contributed by atoms with van der Waals surface area (Å²) in [6.45, 7) is 4.57. The van der Waals surface area contributed by atoms with Crippen LogP contribution in [0.2, 0.25) is 5.02 Å². The Morgan fingerprint density at radius 2 is 2.00 bits per heavy atom. The van der Waals surface area contributed by atoms with Crippen LogP contribution >= 0.6 is 11.6 Å². The number of piperazine rings is 1. The number of nitrogens with one attached hydrogen (secondary N) is 1. The van der Waals surface area contributed by atoms with Crippen LogP contribution < -0.4 is 5.32 Å². The smallest absolute Gasteiger partial charge is 0.201 e. The van der Waals surface area contributed by atoms with Crippen LogP contribution in [0.25, 0.3) is 0 Å². The quantitative estimate of drug-likeness (QED) is 0.288. The van der Waals surface area contributed by atoms with Gasteiger partial charge in [0.25, 0.3) is 0 Å². The molecule has 0 aliphatic carbocycles. The van der Waals surface area contributed by atoms with Crippen molar-refractivity contribution in [2.24, 2.45) is 5.16 Å². The van der Waals surface area contributed by atoms with Crippen LogP contribution in [0.15, 0.2) is 28.0 Å². The fourth-order valence-electron chi connectivity index (χ4n) is 2.86. The lowest BCUT2D eigenvalue weighted by Crippen LogP contribution is -2.46. The molecule has 1 aliphatic rings. The second kappa shape index (κ2) is 9.09. The number of aromatic nitrogens is 2. The zero-order valence-corrected chi connectivity index (χ0v) is 15.2. The van der Waals surface area contributed by atoms with E-state index in [0.29, 0.717) is 24.5 Å². The van der Waals surface area contributed by atoms with Crippen LogP contribution in [0.4, 0.5) is 10.1 Å². The Bertz CT molecular complexity index is 794. The SMILES string of the molecule is OCCN1CCN(Cc2nonc2/C(=N\O)Nc2ccc(F)c(Cl)c2)CC1. The first-order valence-corrected chi connectivity index (χ1v) is 8.80. The largest absolute Gasteiger partial charge is 0.409 e. The van der Waals surface area contributed by atoms with Gasteiger partial charge in [0.05, 0.1) is 11.6 Å². The molecule has 0 spiro atoms. The molecule has 2 heterocycles. The maximum Gasteiger partial charge on any atom is 0.201 e. The van der Waals surface area contributed by atoms with Crippen molar-refractivity contribution < 1.29 is 19.3 Å². The Morgan fingerprint density at radius 1 is 1.26 bits per heavy atom. The van der Waals surface area contributed by atoms with Crippen molar-refractivity contribution in [3.05, 3.63) is 40.4 Å². The number of benzene rings is 1. The standard InChI is InChI=1S/C16H20ClFN6O3/c17-12-9-11(1-2-13(12)18)19-16(20-26)15-14(21-27-22-15)10-24-5-3-23(4-6-24)7-8-25/h1-2,9,25-26H,3-8,10H2,(H,19,20). The van der Waals surface area contributed by atoms with Crippen LogP contribution in [0.5, 0.6) is 0 Å². The number of anilines is 1. The van der Waals surface area contributed by atoms with Gasteiger partial charge in [-0.15, -0.1) is 0 Å². The van der Waals surface area contributed by atoms with Gasteiger partial charge in [-0.3, -0.25) is 9.80 Å². The van der Waals surface area contributed by atoms with Crippen molar-refractivity contribution in [2.45, 2.75) is 6.54 Å². The first-order valence-electron chi connectivity index (χ1n) is 8.42. The van der Waals surface area contributed by atoms with E-state index in [0.717, 1.165) is 26.2 Å². The minimum Gasteiger partial charge on any atom is -0.409 e. The first kappa shape index (κ1) is 19.5. The second-order valence-corrected chi connectivity index (χ2v) is 6.51. The number of hydrogen-bond donors (Lipinski definition) is 3. The molecule has 1 aliphatic heterocycles. The molecule has 146 valence electrons. The highest BCUT2D eigenvalue weighted by Crippen LogP contribution is 2.20. The second-order valence-electron chi connectivity index (χ2n) is 6.10. The van der Waals surface area contributed by atoms with E-state index in [1.807, 2.05) is 0 Å². The van der Waals surface area contributed by atoms with Crippen molar-refractivity contribution in [3.63, 3.8) is 0 Å². The minimum absolute atomic E-state index is 0.0211. The highest BCUT2D eigenvalue weighted by Gasteiger charge is 2.23. The van der Waals surface area contributed by atoms with Gasteiger partial charge in [-0.05, 0) is 23.4 Å². The van der Waals surface area contributed by atoms with Gasteiger partial charge in [0.15, 0.2) is 5.69 Å². The van der Waals surface area contributed by atoms with E-state index in [1.54, 1.807) is 0 Å². The summed E-state index contributed by atoms with van der Waals surface area (Å²) >= 11 is 5.77. The minimum atomic E-state index is -0.547. The third-order valence-electron chi connectivity index (χ3n) is 4.32. The maximum absolute atomic E-state index is 13.3. The van der Waals surface area contributed by atoms with Crippen LogP contribution in [-0.4, -0.2) is 75.6 Å². The Labute approximate surface area is 160 Å². The lowest BCUT2D eigenvalue weighted by atomic mass is 10.2. The Morgan fingerprint density at radius 3 is 2.67 bits per heavy atom. The van der Waals surface area contributed by atoms with Gasteiger partial charge >= 0.3 is 0 Å². The number of hydrogen-bond acceptors (Lipinski definition) is 8. The lowest BCUT2D eigenvalue weighted by Gasteiger charge is -2.33. The van der Waals surface area contributed by atoms with E-state index in [2.05, 4.69) is 30.6 Å². The number of halogens is 2. The van der Waals surface area contributed by atoms with Gasteiger partial charge in [0, 0.05) is 45.0 Å². The summed E-state index contributed by atoms with van der Waals surface area (Å²) in [6, 6.07) is 4.03.